The maximum absolute atomic E-state index is 12.1. The molecule has 0 amide bonds. The number of hydrogen-bond acceptors (Lipinski definition) is 3. The fourth-order valence-electron chi connectivity index (χ4n) is 1.74. The molecule has 102 valence electrons. The highest BCUT2D eigenvalue weighted by atomic mass is 19.3. The van der Waals surface area contributed by atoms with Crippen LogP contribution in [0.15, 0.2) is 48.5 Å². The standard InChI is InChI=1S/C15H12F2N2O/c16-15(17)20-14-6-2-5-13(8-14)19-10-12-4-1-3-11(7-12)9-18/h1-8,15,19H,10H2. The van der Waals surface area contributed by atoms with Crippen molar-refractivity contribution in [3.05, 3.63) is 59.7 Å². The number of anilines is 1. The summed E-state index contributed by atoms with van der Waals surface area (Å²) in [5.41, 5.74) is 2.19. The molecule has 0 aliphatic rings. The first-order valence-electron chi connectivity index (χ1n) is 5.95. The third-order valence-electron chi connectivity index (χ3n) is 2.61. The number of halogens is 2. The topological polar surface area (TPSA) is 45.0 Å². The molecule has 2 aromatic rings. The number of ether oxygens (including phenoxy) is 1. The summed E-state index contributed by atoms with van der Waals surface area (Å²) >= 11 is 0. The lowest BCUT2D eigenvalue weighted by molar-refractivity contribution is -0.0498. The van der Waals surface area contributed by atoms with Crippen molar-refractivity contribution < 1.29 is 13.5 Å². The summed E-state index contributed by atoms with van der Waals surface area (Å²) in [7, 11) is 0. The van der Waals surface area contributed by atoms with Crippen LogP contribution in [0.4, 0.5) is 14.5 Å². The molecule has 0 radical (unpaired) electrons. The lowest BCUT2D eigenvalue weighted by Gasteiger charge is -2.09. The Balaban J connectivity index is 2.01. The summed E-state index contributed by atoms with van der Waals surface area (Å²) in [6.07, 6.45) is 0. The van der Waals surface area contributed by atoms with Gasteiger partial charge in [-0.2, -0.15) is 14.0 Å². The Bertz CT molecular complexity index is 623. The molecule has 3 nitrogen and oxygen atoms in total. The highest BCUT2D eigenvalue weighted by Crippen LogP contribution is 2.20. The first-order valence-corrected chi connectivity index (χ1v) is 5.95. The Morgan fingerprint density at radius 2 is 1.95 bits per heavy atom. The van der Waals surface area contributed by atoms with Gasteiger partial charge in [-0.3, -0.25) is 0 Å². The van der Waals surface area contributed by atoms with Gasteiger partial charge in [0, 0.05) is 18.3 Å². The Labute approximate surface area is 115 Å². The van der Waals surface area contributed by atoms with Gasteiger partial charge < -0.3 is 10.1 Å². The van der Waals surface area contributed by atoms with Crippen LogP contribution in [-0.2, 0) is 6.54 Å². The molecule has 20 heavy (non-hydrogen) atoms. The van der Waals surface area contributed by atoms with Gasteiger partial charge in [0.2, 0.25) is 0 Å². The molecule has 0 spiro atoms. The molecule has 0 aliphatic carbocycles. The van der Waals surface area contributed by atoms with E-state index >= 15 is 0 Å². The number of alkyl halides is 2. The van der Waals surface area contributed by atoms with Crippen molar-refractivity contribution in [2.75, 3.05) is 5.32 Å². The van der Waals surface area contributed by atoms with E-state index in [1.54, 1.807) is 30.3 Å². The van der Waals surface area contributed by atoms with E-state index < -0.39 is 6.61 Å². The first-order chi connectivity index (χ1) is 9.67. The van der Waals surface area contributed by atoms with Gasteiger partial charge in [-0.1, -0.05) is 18.2 Å². The molecule has 0 aliphatic heterocycles. The fourth-order valence-corrected chi connectivity index (χ4v) is 1.74. The normalized spacial score (nSPS) is 10.1. The molecule has 0 saturated carbocycles. The second-order valence-electron chi connectivity index (χ2n) is 4.07. The van der Waals surface area contributed by atoms with Crippen LogP contribution in [0, 0.1) is 11.3 Å². The molecule has 1 N–H and O–H groups in total. The maximum atomic E-state index is 12.1. The number of hydrogen-bond donors (Lipinski definition) is 1. The predicted octanol–water partition coefficient (Wildman–Crippen LogP) is 3.77. The van der Waals surface area contributed by atoms with E-state index in [4.69, 9.17) is 5.26 Å². The van der Waals surface area contributed by atoms with Gasteiger partial charge in [0.15, 0.2) is 0 Å². The number of nitriles is 1. The van der Waals surface area contributed by atoms with E-state index in [-0.39, 0.29) is 5.75 Å². The van der Waals surface area contributed by atoms with E-state index in [0.717, 1.165) is 5.56 Å². The van der Waals surface area contributed by atoms with Crippen molar-refractivity contribution in [2.45, 2.75) is 13.2 Å². The molecular weight excluding hydrogens is 262 g/mol. The fraction of sp³-hybridized carbons (Fsp3) is 0.133. The number of nitrogens with zero attached hydrogens (tertiary/aromatic N) is 1. The monoisotopic (exact) mass is 274 g/mol. The van der Waals surface area contributed by atoms with Crippen molar-refractivity contribution >= 4 is 5.69 Å². The Morgan fingerprint density at radius 3 is 2.70 bits per heavy atom. The van der Waals surface area contributed by atoms with Crippen molar-refractivity contribution in [1.29, 1.82) is 5.26 Å². The Hall–Kier alpha value is -2.61. The van der Waals surface area contributed by atoms with Gasteiger partial charge in [-0.15, -0.1) is 0 Å². The Morgan fingerprint density at radius 1 is 1.15 bits per heavy atom. The quantitative estimate of drug-likeness (QED) is 0.902. The highest BCUT2D eigenvalue weighted by molar-refractivity contribution is 5.48. The van der Waals surface area contributed by atoms with Crippen molar-refractivity contribution in [2.24, 2.45) is 0 Å². The molecule has 0 aromatic heterocycles. The molecule has 0 atom stereocenters. The van der Waals surface area contributed by atoms with Gasteiger partial charge >= 0.3 is 6.61 Å². The van der Waals surface area contributed by atoms with Crippen molar-refractivity contribution in [1.82, 2.24) is 0 Å². The predicted molar refractivity (Wildman–Crippen MR) is 71.6 cm³/mol. The zero-order valence-electron chi connectivity index (χ0n) is 10.5. The Kier molecular flexibility index (Phi) is 4.51. The summed E-state index contributed by atoms with van der Waals surface area (Å²) in [5, 5.41) is 11.9. The third-order valence-corrected chi connectivity index (χ3v) is 2.61. The average Bonchev–Trinajstić information content (AvgIpc) is 2.45. The lowest BCUT2D eigenvalue weighted by atomic mass is 10.1. The van der Waals surface area contributed by atoms with Crippen LogP contribution in [0.1, 0.15) is 11.1 Å². The van der Waals surface area contributed by atoms with Gasteiger partial charge in [-0.25, -0.2) is 0 Å². The average molecular weight is 274 g/mol. The number of nitrogens with one attached hydrogen (secondary N) is 1. The second-order valence-corrected chi connectivity index (χ2v) is 4.07. The van der Waals surface area contributed by atoms with E-state index in [1.165, 1.54) is 12.1 Å². The number of benzene rings is 2. The molecule has 2 rings (SSSR count). The molecule has 0 saturated heterocycles. The summed E-state index contributed by atoms with van der Waals surface area (Å²) in [4.78, 5) is 0. The minimum Gasteiger partial charge on any atom is -0.435 e. The van der Waals surface area contributed by atoms with Crippen molar-refractivity contribution in [3.63, 3.8) is 0 Å². The van der Waals surface area contributed by atoms with E-state index in [0.29, 0.717) is 17.8 Å². The second kappa shape index (κ2) is 6.53. The van der Waals surface area contributed by atoms with Crippen molar-refractivity contribution in [3.8, 4) is 11.8 Å². The van der Waals surface area contributed by atoms with Crippen LogP contribution in [0.25, 0.3) is 0 Å². The van der Waals surface area contributed by atoms with Gasteiger partial charge in [0.25, 0.3) is 0 Å². The van der Waals surface area contributed by atoms with Crippen LogP contribution in [-0.4, -0.2) is 6.61 Å². The summed E-state index contributed by atoms with van der Waals surface area (Å²) in [5.74, 6) is 0.107. The molecule has 2 aromatic carbocycles. The van der Waals surface area contributed by atoms with Gasteiger partial charge in [0.05, 0.1) is 11.6 Å². The SMILES string of the molecule is N#Cc1cccc(CNc2cccc(OC(F)F)c2)c1. The van der Waals surface area contributed by atoms with Crippen LogP contribution in [0.2, 0.25) is 0 Å². The molecule has 0 fully saturated rings. The van der Waals surface area contributed by atoms with Crippen LogP contribution in [0.3, 0.4) is 0 Å². The zero-order chi connectivity index (χ0) is 14.4. The van der Waals surface area contributed by atoms with Gasteiger partial charge in [0.1, 0.15) is 5.75 Å². The van der Waals surface area contributed by atoms with Crippen LogP contribution >= 0.6 is 0 Å². The molecule has 5 heteroatoms. The van der Waals surface area contributed by atoms with E-state index in [9.17, 15) is 8.78 Å². The number of rotatable bonds is 5. The third kappa shape index (κ3) is 3.95. The van der Waals surface area contributed by atoms with Crippen LogP contribution < -0.4 is 10.1 Å². The molecule has 0 heterocycles. The summed E-state index contributed by atoms with van der Waals surface area (Å²) in [6, 6.07) is 15.6. The first kappa shape index (κ1) is 13.8. The highest BCUT2D eigenvalue weighted by Gasteiger charge is 2.04. The zero-order valence-corrected chi connectivity index (χ0v) is 10.5. The largest absolute Gasteiger partial charge is 0.435 e. The van der Waals surface area contributed by atoms with Crippen LogP contribution in [0.5, 0.6) is 5.75 Å². The minimum atomic E-state index is -2.84. The summed E-state index contributed by atoms with van der Waals surface area (Å²) < 4.78 is 28.6. The molecular formula is C15H12F2N2O. The van der Waals surface area contributed by atoms with E-state index in [1.807, 2.05) is 6.07 Å². The van der Waals surface area contributed by atoms with E-state index in [2.05, 4.69) is 16.1 Å². The summed E-state index contributed by atoms with van der Waals surface area (Å²) in [6.45, 7) is -2.34. The lowest BCUT2D eigenvalue weighted by Crippen LogP contribution is -2.03. The smallest absolute Gasteiger partial charge is 0.387 e. The van der Waals surface area contributed by atoms with Gasteiger partial charge in [-0.05, 0) is 29.8 Å². The maximum Gasteiger partial charge on any atom is 0.387 e. The molecule has 0 unspecified atom stereocenters. The molecule has 0 bridgehead atoms. The minimum absolute atomic E-state index is 0.107.